The number of benzene rings is 1. The highest BCUT2D eigenvalue weighted by molar-refractivity contribution is 7.89. The van der Waals surface area contributed by atoms with Gasteiger partial charge in [-0.3, -0.25) is 10.1 Å². The van der Waals surface area contributed by atoms with E-state index < -0.39 is 21.2 Å². The highest BCUT2D eigenvalue weighted by atomic mass is 32.2. The van der Waals surface area contributed by atoms with Gasteiger partial charge < -0.3 is 9.47 Å². The molecule has 9 heteroatoms. The first kappa shape index (κ1) is 16.3. The quantitative estimate of drug-likeness (QED) is 0.607. The molecule has 3 rings (SSSR count). The van der Waals surface area contributed by atoms with Crippen molar-refractivity contribution in [3.63, 3.8) is 0 Å². The fraction of sp³-hybridized carbons (Fsp3) is 0.571. The van der Waals surface area contributed by atoms with Crippen LogP contribution in [0, 0.1) is 10.1 Å². The summed E-state index contributed by atoms with van der Waals surface area (Å²) in [4.78, 5) is 10.2. The number of hydrogen-bond donors (Lipinski definition) is 0. The first-order chi connectivity index (χ1) is 11.0. The molecule has 8 nitrogen and oxygen atoms in total. The lowest BCUT2D eigenvalue weighted by Crippen LogP contribution is -2.50. The maximum Gasteiger partial charge on any atom is 0.269 e. The van der Waals surface area contributed by atoms with Gasteiger partial charge in [0, 0.05) is 18.7 Å². The standard InChI is InChI=1S/C14H18N2O6S/c17-16(18)11-4-6-12(7-5-11)23(19,20)15-8-2-1-3-13(15)14-21-9-10-22-14/h4-7,13-14H,1-3,8-10H2/t13-/m1/s1. The van der Waals surface area contributed by atoms with E-state index in [2.05, 4.69) is 0 Å². The molecule has 0 N–H and O–H groups in total. The molecule has 2 aliphatic heterocycles. The number of ether oxygens (including phenoxy) is 2. The molecule has 126 valence electrons. The van der Waals surface area contributed by atoms with Gasteiger partial charge in [-0.2, -0.15) is 4.31 Å². The maximum absolute atomic E-state index is 12.9. The molecule has 1 aromatic carbocycles. The van der Waals surface area contributed by atoms with Crippen molar-refractivity contribution in [2.75, 3.05) is 19.8 Å². The Bertz CT molecular complexity index is 669. The summed E-state index contributed by atoms with van der Waals surface area (Å²) in [7, 11) is -3.74. The van der Waals surface area contributed by atoms with Crippen molar-refractivity contribution >= 4 is 15.7 Å². The Kier molecular flexibility index (Phi) is 4.62. The second kappa shape index (κ2) is 6.52. The molecular weight excluding hydrogens is 324 g/mol. The van der Waals surface area contributed by atoms with Crippen LogP contribution >= 0.6 is 0 Å². The Morgan fingerprint density at radius 3 is 2.39 bits per heavy atom. The van der Waals surface area contributed by atoms with Crippen molar-refractivity contribution in [1.82, 2.24) is 4.31 Å². The van der Waals surface area contributed by atoms with Crippen molar-refractivity contribution in [1.29, 1.82) is 0 Å². The molecule has 0 amide bonds. The maximum atomic E-state index is 12.9. The Labute approximate surface area is 134 Å². The van der Waals surface area contributed by atoms with E-state index in [9.17, 15) is 18.5 Å². The van der Waals surface area contributed by atoms with Crippen LogP contribution in [-0.4, -0.2) is 49.7 Å². The fourth-order valence-corrected chi connectivity index (χ4v) is 4.66. The Morgan fingerprint density at radius 1 is 1.13 bits per heavy atom. The van der Waals surface area contributed by atoms with E-state index in [-0.39, 0.29) is 16.6 Å². The minimum absolute atomic E-state index is 0.0491. The summed E-state index contributed by atoms with van der Waals surface area (Å²) in [6.45, 7) is 1.33. The molecule has 1 atom stereocenters. The van der Waals surface area contributed by atoms with Gasteiger partial charge in [-0.25, -0.2) is 8.42 Å². The summed E-state index contributed by atoms with van der Waals surface area (Å²) in [5.74, 6) is 0. The zero-order chi connectivity index (χ0) is 16.4. The average molecular weight is 342 g/mol. The molecule has 2 saturated heterocycles. The molecule has 0 saturated carbocycles. The summed E-state index contributed by atoms with van der Waals surface area (Å²) >= 11 is 0. The van der Waals surface area contributed by atoms with Crippen LogP contribution in [-0.2, 0) is 19.5 Å². The summed E-state index contributed by atoms with van der Waals surface area (Å²) in [5, 5.41) is 10.7. The SMILES string of the molecule is O=[N+]([O-])c1ccc(S(=O)(=O)N2CCCC[C@@H]2C2OCCO2)cc1. The summed E-state index contributed by atoms with van der Waals surface area (Å²) in [5.41, 5.74) is -0.137. The van der Waals surface area contributed by atoms with Gasteiger partial charge in [0.15, 0.2) is 6.29 Å². The van der Waals surface area contributed by atoms with E-state index in [0.717, 1.165) is 12.8 Å². The van der Waals surface area contributed by atoms with Crippen molar-refractivity contribution in [2.45, 2.75) is 36.5 Å². The molecule has 2 heterocycles. The number of rotatable bonds is 4. The van der Waals surface area contributed by atoms with Gasteiger partial charge in [-0.15, -0.1) is 0 Å². The normalized spacial score (nSPS) is 23.9. The number of nitro benzene ring substituents is 1. The number of nitrogens with zero attached hydrogens (tertiary/aromatic N) is 2. The van der Waals surface area contributed by atoms with Gasteiger partial charge in [-0.05, 0) is 25.0 Å². The van der Waals surface area contributed by atoms with E-state index in [1.54, 1.807) is 0 Å². The van der Waals surface area contributed by atoms with Crippen LogP contribution in [0.25, 0.3) is 0 Å². The molecule has 0 aliphatic carbocycles. The molecule has 0 spiro atoms. The highest BCUT2D eigenvalue weighted by Crippen LogP contribution is 2.30. The highest BCUT2D eigenvalue weighted by Gasteiger charge is 2.40. The lowest BCUT2D eigenvalue weighted by Gasteiger charge is -2.36. The first-order valence-corrected chi connectivity index (χ1v) is 8.93. The van der Waals surface area contributed by atoms with Crippen LogP contribution in [0.1, 0.15) is 19.3 Å². The molecule has 2 aliphatic rings. The van der Waals surface area contributed by atoms with Crippen molar-refractivity contribution in [3.05, 3.63) is 34.4 Å². The summed E-state index contributed by atoms with van der Waals surface area (Å²) in [6.07, 6.45) is 1.83. The Morgan fingerprint density at radius 2 is 1.78 bits per heavy atom. The van der Waals surface area contributed by atoms with E-state index >= 15 is 0 Å². The molecule has 23 heavy (non-hydrogen) atoms. The van der Waals surface area contributed by atoms with Crippen LogP contribution in [0.2, 0.25) is 0 Å². The van der Waals surface area contributed by atoms with Crippen molar-refractivity contribution < 1.29 is 22.8 Å². The average Bonchev–Trinajstić information content (AvgIpc) is 3.09. The second-order valence-electron chi connectivity index (χ2n) is 5.54. The molecule has 0 radical (unpaired) electrons. The molecule has 0 bridgehead atoms. The molecular formula is C14H18N2O6S. The zero-order valence-corrected chi connectivity index (χ0v) is 13.3. The van der Waals surface area contributed by atoms with Crippen LogP contribution in [0.15, 0.2) is 29.2 Å². The lowest BCUT2D eigenvalue weighted by molar-refractivity contribution is -0.384. The second-order valence-corrected chi connectivity index (χ2v) is 7.43. The topological polar surface area (TPSA) is 99.0 Å². The number of non-ortho nitro benzene ring substituents is 1. The Hall–Kier alpha value is -1.55. The predicted molar refractivity (Wildman–Crippen MR) is 80.3 cm³/mol. The number of nitro groups is 1. The molecule has 2 fully saturated rings. The van der Waals surface area contributed by atoms with Crippen LogP contribution < -0.4 is 0 Å². The van der Waals surface area contributed by atoms with Gasteiger partial charge in [0.2, 0.25) is 10.0 Å². The largest absolute Gasteiger partial charge is 0.349 e. The van der Waals surface area contributed by atoms with E-state index in [0.29, 0.717) is 26.2 Å². The van der Waals surface area contributed by atoms with Crippen molar-refractivity contribution in [3.8, 4) is 0 Å². The van der Waals surface area contributed by atoms with Crippen LogP contribution in [0.5, 0.6) is 0 Å². The third-order valence-corrected chi connectivity index (χ3v) is 6.05. The minimum Gasteiger partial charge on any atom is -0.349 e. The zero-order valence-electron chi connectivity index (χ0n) is 12.5. The number of hydrogen-bond acceptors (Lipinski definition) is 6. The predicted octanol–water partition coefficient (Wildman–Crippen LogP) is 1.51. The number of sulfonamides is 1. The van der Waals surface area contributed by atoms with Gasteiger partial charge in [0.1, 0.15) is 0 Å². The monoisotopic (exact) mass is 342 g/mol. The molecule has 0 unspecified atom stereocenters. The minimum atomic E-state index is -3.74. The third kappa shape index (κ3) is 3.23. The van der Waals surface area contributed by atoms with E-state index in [4.69, 9.17) is 9.47 Å². The van der Waals surface area contributed by atoms with E-state index in [1.165, 1.54) is 28.6 Å². The van der Waals surface area contributed by atoms with Crippen LogP contribution in [0.3, 0.4) is 0 Å². The Balaban J connectivity index is 1.88. The lowest BCUT2D eigenvalue weighted by atomic mass is 10.0. The first-order valence-electron chi connectivity index (χ1n) is 7.49. The fourth-order valence-electron chi connectivity index (χ4n) is 2.98. The number of piperidine rings is 1. The molecule has 0 aromatic heterocycles. The van der Waals surface area contributed by atoms with E-state index in [1.807, 2.05) is 0 Å². The van der Waals surface area contributed by atoms with Crippen LogP contribution in [0.4, 0.5) is 5.69 Å². The summed E-state index contributed by atoms with van der Waals surface area (Å²) in [6, 6.07) is 4.60. The summed E-state index contributed by atoms with van der Waals surface area (Å²) < 4.78 is 38.1. The molecule has 1 aromatic rings. The van der Waals surface area contributed by atoms with Gasteiger partial charge in [-0.1, -0.05) is 6.42 Å². The van der Waals surface area contributed by atoms with Gasteiger partial charge >= 0.3 is 0 Å². The third-order valence-electron chi connectivity index (χ3n) is 4.11. The van der Waals surface area contributed by atoms with Gasteiger partial charge in [0.25, 0.3) is 5.69 Å². The van der Waals surface area contributed by atoms with Crippen molar-refractivity contribution in [2.24, 2.45) is 0 Å². The van der Waals surface area contributed by atoms with Gasteiger partial charge in [0.05, 0.1) is 29.1 Å². The smallest absolute Gasteiger partial charge is 0.269 e.